The second-order valence-corrected chi connectivity index (χ2v) is 3.75. The van der Waals surface area contributed by atoms with E-state index in [1.165, 1.54) is 25.3 Å². The van der Waals surface area contributed by atoms with Gasteiger partial charge in [0.05, 0.1) is 12.7 Å². The maximum atomic E-state index is 11.0. The van der Waals surface area contributed by atoms with Crippen molar-refractivity contribution in [3.63, 3.8) is 0 Å². The van der Waals surface area contributed by atoms with Gasteiger partial charge in [-0.1, -0.05) is 26.2 Å². The van der Waals surface area contributed by atoms with Gasteiger partial charge in [-0.3, -0.25) is 0 Å². The molecule has 1 aliphatic heterocycles. The molecule has 0 N–H and O–H groups in total. The molecule has 0 aromatic heterocycles. The van der Waals surface area contributed by atoms with Gasteiger partial charge < -0.3 is 9.47 Å². The molecule has 0 unspecified atom stereocenters. The van der Waals surface area contributed by atoms with Crippen LogP contribution in [0, 0.1) is 0 Å². The van der Waals surface area contributed by atoms with Crippen molar-refractivity contribution in [3.8, 4) is 0 Å². The Kier molecular flexibility index (Phi) is 5.40. The van der Waals surface area contributed by atoms with Crippen molar-refractivity contribution in [2.24, 2.45) is 0 Å². The summed E-state index contributed by atoms with van der Waals surface area (Å²) in [6.07, 6.45) is 8.55. The van der Waals surface area contributed by atoms with Crippen LogP contribution >= 0.6 is 0 Å². The van der Waals surface area contributed by atoms with Crippen molar-refractivity contribution >= 4 is 5.97 Å². The van der Waals surface area contributed by atoms with Crippen LogP contribution in [0.1, 0.15) is 39.5 Å². The number of epoxide rings is 1. The van der Waals surface area contributed by atoms with E-state index in [2.05, 4.69) is 6.92 Å². The highest BCUT2D eigenvalue weighted by atomic mass is 16.6. The summed E-state index contributed by atoms with van der Waals surface area (Å²) in [6.45, 7) is 4.41. The lowest BCUT2D eigenvalue weighted by Crippen LogP contribution is -2.00. The van der Waals surface area contributed by atoms with Gasteiger partial charge in [0.15, 0.2) is 0 Å². The summed E-state index contributed by atoms with van der Waals surface area (Å²) in [5.74, 6) is -0.277. The first kappa shape index (κ1) is 12.2. The zero-order valence-electron chi connectivity index (χ0n) is 9.57. The maximum absolute atomic E-state index is 11.0. The molecule has 0 bridgehead atoms. The van der Waals surface area contributed by atoms with E-state index in [1.54, 1.807) is 13.0 Å². The molecule has 0 amide bonds. The Morgan fingerprint density at radius 2 is 2.20 bits per heavy atom. The number of ether oxygens (including phenoxy) is 2. The molecular formula is C12H20O3. The van der Waals surface area contributed by atoms with Crippen molar-refractivity contribution in [1.82, 2.24) is 0 Å². The van der Waals surface area contributed by atoms with E-state index in [4.69, 9.17) is 9.47 Å². The lowest BCUT2D eigenvalue weighted by atomic mass is 10.1. The van der Waals surface area contributed by atoms with Gasteiger partial charge in [-0.2, -0.15) is 0 Å². The Labute approximate surface area is 91.4 Å². The Balaban J connectivity index is 2.07. The number of carbonyl (C=O) groups is 1. The van der Waals surface area contributed by atoms with E-state index in [1.807, 2.05) is 0 Å². The molecule has 1 saturated heterocycles. The third-order valence-corrected chi connectivity index (χ3v) is 2.42. The van der Waals surface area contributed by atoms with Crippen LogP contribution in [0.15, 0.2) is 12.2 Å². The fourth-order valence-corrected chi connectivity index (χ4v) is 1.52. The molecule has 0 radical (unpaired) electrons. The first-order chi connectivity index (χ1) is 7.27. The molecule has 3 nitrogen and oxygen atoms in total. The second-order valence-electron chi connectivity index (χ2n) is 3.75. The molecule has 1 aliphatic rings. The van der Waals surface area contributed by atoms with Crippen molar-refractivity contribution < 1.29 is 14.3 Å². The Morgan fingerprint density at radius 3 is 2.87 bits per heavy atom. The number of carbonyl (C=O) groups excluding carboxylic acids is 1. The van der Waals surface area contributed by atoms with Crippen LogP contribution < -0.4 is 0 Å². The Morgan fingerprint density at radius 1 is 1.40 bits per heavy atom. The number of esters is 1. The van der Waals surface area contributed by atoms with Gasteiger partial charge >= 0.3 is 5.97 Å². The molecule has 15 heavy (non-hydrogen) atoms. The maximum Gasteiger partial charge on any atom is 0.330 e. The third-order valence-electron chi connectivity index (χ3n) is 2.42. The number of hydrogen-bond acceptors (Lipinski definition) is 3. The average molecular weight is 212 g/mol. The first-order valence-electron chi connectivity index (χ1n) is 5.78. The van der Waals surface area contributed by atoms with Gasteiger partial charge in [0.1, 0.15) is 6.10 Å². The summed E-state index contributed by atoms with van der Waals surface area (Å²) in [4.78, 5) is 11.0. The minimum Gasteiger partial charge on any atom is -0.463 e. The minimum absolute atomic E-state index is 0.145. The highest BCUT2D eigenvalue weighted by Crippen LogP contribution is 2.28. The summed E-state index contributed by atoms with van der Waals surface area (Å²) in [5, 5.41) is 0. The molecule has 2 atom stereocenters. The van der Waals surface area contributed by atoms with Crippen LogP contribution in [0.2, 0.25) is 0 Å². The summed E-state index contributed by atoms with van der Waals surface area (Å²) < 4.78 is 10.2. The largest absolute Gasteiger partial charge is 0.463 e. The van der Waals surface area contributed by atoms with E-state index in [9.17, 15) is 4.79 Å². The van der Waals surface area contributed by atoms with Gasteiger partial charge in [0, 0.05) is 6.08 Å². The molecule has 1 heterocycles. The van der Waals surface area contributed by atoms with Crippen molar-refractivity contribution in [1.29, 1.82) is 0 Å². The molecular weight excluding hydrogens is 192 g/mol. The monoisotopic (exact) mass is 212 g/mol. The molecule has 86 valence electrons. The lowest BCUT2D eigenvalue weighted by Gasteiger charge is -1.93. The average Bonchev–Trinajstić information content (AvgIpc) is 2.95. The first-order valence-corrected chi connectivity index (χ1v) is 5.78. The molecule has 1 rings (SSSR count). The zero-order valence-corrected chi connectivity index (χ0v) is 9.57. The normalized spacial score (nSPS) is 24.4. The molecule has 0 aromatic carbocycles. The van der Waals surface area contributed by atoms with Crippen molar-refractivity contribution in [3.05, 3.63) is 12.2 Å². The van der Waals surface area contributed by atoms with E-state index in [0.717, 1.165) is 6.42 Å². The lowest BCUT2D eigenvalue weighted by molar-refractivity contribution is -0.137. The van der Waals surface area contributed by atoms with Crippen LogP contribution in [0.25, 0.3) is 0 Å². The Bertz CT molecular complexity index is 223. The molecule has 0 saturated carbocycles. The van der Waals surface area contributed by atoms with Gasteiger partial charge in [0.25, 0.3) is 0 Å². The minimum atomic E-state index is -0.277. The fraction of sp³-hybridized carbons (Fsp3) is 0.750. The van der Waals surface area contributed by atoms with Crippen LogP contribution in [-0.4, -0.2) is 24.8 Å². The third kappa shape index (κ3) is 4.98. The number of unbranched alkanes of at least 4 members (excludes halogenated alkanes) is 2. The highest BCUT2D eigenvalue weighted by Gasteiger charge is 2.35. The number of rotatable bonds is 7. The molecule has 0 aromatic rings. The molecule has 1 fully saturated rings. The van der Waals surface area contributed by atoms with E-state index >= 15 is 0 Å². The van der Waals surface area contributed by atoms with Gasteiger partial charge in [0.2, 0.25) is 0 Å². The summed E-state index contributed by atoms with van der Waals surface area (Å²) in [5.41, 5.74) is 0. The van der Waals surface area contributed by atoms with E-state index in [-0.39, 0.29) is 12.1 Å². The van der Waals surface area contributed by atoms with E-state index in [0.29, 0.717) is 12.7 Å². The topological polar surface area (TPSA) is 38.8 Å². The quantitative estimate of drug-likeness (QED) is 0.281. The van der Waals surface area contributed by atoms with Crippen LogP contribution in [0.3, 0.4) is 0 Å². The predicted octanol–water partition coefficient (Wildman–Crippen LogP) is 2.45. The fourth-order valence-electron chi connectivity index (χ4n) is 1.52. The molecule has 3 heteroatoms. The standard InChI is InChI=1S/C12H20O3/c1-3-5-6-7-10-11(15-10)8-9-12(13)14-4-2/h8-11H,3-7H2,1-2H3/b9-8+/t10-,11-/m0/s1. The smallest absolute Gasteiger partial charge is 0.330 e. The molecule has 0 aliphatic carbocycles. The zero-order chi connectivity index (χ0) is 11.1. The highest BCUT2D eigenvalue weighted by molar-refractivity contribution is 5.82. The summed E-state index contributed by atoms with van der Waals surface area (Å²) in [7, 11) is 0. The Hall–Kier alpha value is -0.830. The van der Waals surface area contributed by atoms with Gasteiger partial charge in [-0.05, 0) is 19.4 Å². The second kappa shape index (κ2) is 6.62. The summed E-state index contributed by atoms with van der Waals surface area (Å²) >= 11 is 0. The van der Waals surface area contributed by atoms with Gasteiger partial charge in [-0.25, -0.2) is 4.79 Å². The van der Waals surface area contributed by atoms with E-state index < -0.39 is 0 Å². The van der Waals surface area contributed by atoms with Gasteiger partial charge in [-0.15, -0.1) is 0 Å². The SMILES string of the molecule is CCCCC[C@@H]1O[C@H]1/C=C/C(=O)OCC. The molecule has 0 spiro atoms. The predicted molar refractivity (Wildman–Crippen MR) is 58.6 cm³/mol. The van der Waals surface area contributed by atoms with Crippen molar-refractivity contribution in [2.45, 2.75) is 51.7 Å². The van der Waals surface area contributed by atoms with Crippen molar-refractivity contribution in [2.75, 3.05) is 6.61 Å². The number of hydrogen-bond donors (Lipinski definition) is 0. The van der Waals surface area contributed by atoms with Crippen LogP contribution in [0.5, 0.6) is 0 Å². The summed E-state index contributed by atoms with van der Waals surface area (Å²) in [6, 6.07) is 0. The van der Waals surface area contributed by atoms with Crippen LogP contribution in [0.4, 0.5) is 0 Å². The van der Waals surface area contributed by atoms with Crippen LogP contribution in [-0.2, 0) is 14.3 Å².